The van der Waals surface area contributed by atoms with Gasteiger partial charge in [0, 0.05) is 18.0 Å². The maximum atomic E-state index is 13.5. The van der Waals surface area contributed by atoms with E-state index >= 15 is 0 Å². The summed E-state index contributed by atoms with van der Waals surface area (Å²) < 4.78 is 12.1. The number of esters is 1. The Morgan fingerprint density at radius 2 is 1.67 bits per heavy atom. The number of carbonyl (C=O) groups excluding carboxylic acids is 1. The van der Waals surface area contributed by atoms with Crippen molar-refractivity contribution in [3.05, 3.63) is 141 Å². The van der Waals surface area contributed by atoms with Crippen LogP contribution in [0.5, 0.6) is 11.5 Å². The van der Waals surface area contributed by atoms with Crippen molar-refractivity contribution in [3.63, 3.8) is 0 Å². The molecule has 9 nitrogen and oxygen atoms in total. The van der Waals surface area contributed by atoms with Gasteiger partial charge < -0.3 is 35.3 Å². The average molecular weight is 690 g/mol. The summed E-state index contributed by atoms with van der Waals surface area (Å²) >= 11 is 0. The zero-order valence-electron chi connectivity index (χ0n) is 29.1. The lowest BCUT2D eigenvalue weighted by Gasteiger charge is -2.27. The largest absolute Gasteiger partial charge is 0.506 e. The number of aromatic nitrogens is 1. The molecule has 0 spiro atoms. The molecular formula is C42H47N3O6. The van der Waals surface area contributed by atoms with Crippen LogP contribution in [0.15, 0.2) is 108 Å². The van der Waals surface area contributed by atoms with Crippen LogP contribution < -0.4 is 20.9 Å². The molecule has 5 aromatic rings. The number of hydrogen-bond donors (Lipinski definition) is 5. The van der Waals surface area contributed by atoms with E-state index in [2.05, 4.69) is 52.0 Å². The molecule has 51 heavy (non-hydrogen) atoms. The van der Waals surface area contributed by atoms with Crippen LogP contribution in [0.2, 0.25) is 0 Å². The number of carbonyl (C=O) groups is 1. The van der Waals surface area contributed by atoms with Gasteiger partial charge in [0.2, 0.25) is 5.56 Å². The molecule has 0 radical (unpaired) electrons. The number of nitrogens with one attached hydrogen (secondary N) is 3. The van der Waals surface area contributed by atoms with Crippen LogP contribution in [0.3, 0.4) is 0 Å². The fraction of sp³-hybridized carbons (Fsp3) is 0.333. The highest BCUT2D eigenvalue weighted by atomic mass is 16.5. The molecular weight excluding hydrogens is 642 g/mol. The fourth-order valence-electron chi connectivity index (χ4n) is 7.18. The van der Waals surface area contributed by atoms with Crippen molar-refractivity contribution in [2.75, 3.05) is 26.7 Å². The van der Waals surface area contributed by atoms with E-state index in [4.69, 9.17) is 9.47 Å². The minimum Gasteiger partial charge on any atom is -0.506 e. The van der Waals surface area contributed by atoms with E-state index in [0.717, 1.165) is 54.5 Å². The monoisotopic (exact) mass is 689 g/mol. The Balaban J connectivity index is 0.963. The molecule has 1 aromatic heterocycles. The Morgan fingerprint density at radius 1 is 0.902 bits per heavy atom. The summed E-state index contributed by atoms with van der Waals surface area (Å²) in [4.78, 5) is 27.8. The summed E-state index contributed by atoms with van der Waals surface area (Å²) in [5.41, 5.74) is 4.35. The van der Waals surface area contributed by atoms with Crippen LogP contribution in [-0.4, -0.2) is 47.9 Å². The summed E-state index contributed by atoms with van der Waals surface area (Å²) in [6, 6.07) is 32.9. The van der Waals surface area contributed by atoms with Crippen LogP contribution in [0.1, 0.15) is 78.5 Å². The number of fused-ring (bicyclic) bond motifs is 1. The molecule has 1 aliphatic carbocycles. The van der Waals surface area contributed by atoms with Crippen LogP contribution in [0.25, 0.3) is 10.9 Å². The molecule has 6 rings (SSSR count). The standard InChI is InChI=1S/C42H47N3O6/c1-43-39(30-10-3-2-4-11-30)31-12-9-13-33(26-31)51-28-29-14-16-32(17-15-29)42(22-5-6-23-42)41(49)50-25-8-7-24-44-27-37(47)34-18-20-36(46)40-35(34)19-21-38(48)45-40/h2-4,9-21,26,37,39,43-44,46-47H,5-8,22-25,27-28H2,1H3,(H,45,48). The highest BCUT2D eigenvalue weighted by Crippen LogP contribution is 2.42. The normalized spacial score (nSPS) is 15.0. The first-order valence-corrected chi connectivity index (χ1v) is 17.8. The smallest absolute Gasteiger partial charge is 0.316 e. The molecule has 0 bridgehead atoms. The number of phenolic OH excluding ortho intramolecular Hbond substituents is 1. The topological polar surface area (TPSA) is 133 Å². The zero-order valence-corrected chi connectivity index (χ0v) is 29.1. The number of benzene rings is 4. The van der Waals surface area contributed by atoms with E-state index < -0.39 is 11.5 Å². The van der Waals surface area contributed by atoms with Gasteiger partial charge in [-0.05, 0) is 91.4 Å². The number of phenols is 1. The molecule has 1 saturated carbocycles. The molecule has 4 aromatic carbocycles. The first-order chi connectivity index (χ1) is 24.9. The molecule has 1 aliphatic rings. The number of pyridine rings is 1. The van der Waals surface area contributed by atoms with E-state index in [1.54, 1.807) is 12.1 Å². The summed E-state index contributed by atoms with van der Waals surface area (Å²) in [6.45, 7) is 1.71. The molecule has 9 heteroatoms. The minimum atomic E-state index is -0.820. The van der Waals surface area contributed by atoms with Crippen molar-refractivity contribution < 1.29 is 24.5 Å². The highest BCUT2D eigenvalue weighted by Gasteiger charge is 2.44. The van der Waals surface area contributed by atoms with E-state index in [-0.39, 0.29) is 23.3 Å². The number of aliphatic hydroxyl groups is 1. The number of ether oxygens (including phenoxy) is 2. The molecule has 0 aliphatic heterocycles. The number of aromatic amines is 1. The third kappa shape index (κ3) is 8.51. The average Bonchev–Trinajstić information content (AvgIpc) is 3.66. The predicted octanol–water partition coefficient (Wildman–Crippen LogP) is 6.58. The van der Waals surface area contributed by atoms with Gasteiger partial charge in [-0.3, -0.25) is 9.59 Å². The maximum absolute atomic E-state index is 13.5. The second kappa shape index (κ2) is 16.8. The quantitative estimate of drug-likeness (QED) is 0.0580. The molecule has 266 valence electrons. The van der Waals surface area contributed by atoms with E-state index in [0.29, 0.717) is 49.2 Å². The number of hydrogen-bond acceptors (Lipinski definition) is 8. The number of rotatable bonds is 16. The number of aliphatic hydroxyl groups excluding tert-OH is 1. The minimum absolute atomic E-state index is 0.0391. The fourth-order valence-corrected chi connectivity index (χ4v) is 7.18. The van der Waals surface area contributed by atoms with E-state index in [1.807, 2.05) is 49.5 Å². The first-order valence-electron chi connectivity index (χ1n) is 17.8. The van der Waals surface area contributed by atoms with Crippen LogP contribution >= 0.6 is 0 Å². The maximum Gasteiger partial charge on any atom is 0.316 e. The Morgan fingerprint density at radius 3 is 2.43 bits per heavy atom. The molecule has 2 atom stereocenters. The van der Waals surface area contributed by atoms with Crippen molar-refractivity contribution in [1.29, 1.82) is 0 Å². The zero-order chi connectivity index (χ0) is 35.6. The lowest BCUT2D eigenvalue weighted by atomic mass is 9.78. The van der Waals surface area contributed by atoms with E-state index in [9.17, 15) is 19.8 Å². The van der Waals surface area contributed by atoms with Crippen molar-refractivity contribution in [2.45, 2.75) is 62.7 Å². The summed E-state index contributed by atoms with van der Waals surface area (Å²) in [7, 11) is 1.96. The second-order valence-electron chi connectivity index (χ2n) is 13.3. The SMILES string of the molecule is CNC(c1ccccc1)c1cccc(OCc2ccc(C3(C(=O)OCCCCNCC(O)c4ccc(O)c5[nH]c(=O)ccc45)CCCC3)cc2)c1. The Hall–Kier alpha value is -4.96. The van der Waals surface area contributed by atoms with Gasteiger partial charge in [0.1, 0.15) is 18.1 Å². The Bertz CT molecular complexity index is 1950. The van der Waals surface area contributed by atoms with Crippen molar-refractivity contribution in [2.24, 2.45) is 0 Å². The number of unbranched alkanes of at least 4 members (excludes halogenated alkanes) is 1. The van der Waals surface area contributed by atoms with Gasteiger partial charge in [-0.1, -0.05) is 85.6 Å². The molecule has 5 N–H and O–H groups in total. The third-order valence-corrected chi connectivity index (χ3v) is 9.96. The number of aromatic hydroxyl groups is 1. The van der Waals surface area contributed by atoms with Gasteiger partial charge in [-0.15, -0.1) is 0 Å². The van der Waals surface area contributed by atoms with Crippen molar-refractivity contribution in [3.8, 4) is 11.5 Å². The highest BCUT2D eigenvalue weighted by molar-refractivity contribution is 5.87. The van der Waals surface area contributed by atoms with Gasteiger partial charge in [-0.25, -0.2) is 0 Å². The molecule has 2 unspecified atom stereocenters. The summed E-state index contributed by atoms with van der Waals surface area (Å²) in [6.07, 6.45) is 4.20. The molecule has 0 saturated heterocycles. The summed E-state index contributed by atoms with van der Waals surface area (Å²) in [5, 5.41) is 28.1. The number of H-pyrrole nitrogens is 1. The van der Waals surface area contributed by atoms with Gasteiger partial charge in [0.05, 0.1) is 29.7 Å². The first kappa shape index (κ1) is 35.9. The van der Waals surface area contributed by atoms with Crippen LogP contribution in [0.4, 0.5) is 0 Å². The van der Waals surface area contributed by atoms with Gasteiger partial charge in [0.25, 0.3) is 0 Å². The Kier molecular flexibility index (Phi) is 11.8. The third-order valence-electron chi connectivity index (χ3n) is 9.96. The van der Waals surface area contributed by atoms with Crippen molar-refractivity contribution >= 4 is 16.9 Å². The lowest BCUT2D eigenvalue weighted by Crippen LogP contribution is -2.35. The molecule has 1 heterocycles. The lowest BCUT2D eigenvalue weighted by molar-refractivity contribution is -0.150. The van der Waals surface area contributed by atoms with E-state index in [1.165, 1.54) is 17.7 Å². The molecule has 0 amide bonds. The predicted molar refractivity (Wildman–Crippen MR) is 199 cm³/mol. The van der Waals surface area contributed by atoms with Gasteiger partial charge >= 0.3 is 5.97 Å². The van der Waals surface area contributed by atoms with Gasteiger partial charge in [0.15, 0.2) is 0 Å². The van der Waals surface area contributed by atoms with Gasteiger partial charge in [-0.2, -0.15) is 0 Å². The molecule has 1 fully saturated rings. The Labute approximate surface area is 298 Å². The van der Waals surface area contributed by atoms with Crippen LogP contribution in [-0.2, 0) is 21.6 Å². The second-order valence-corrected chi connectivity index (χ2v) is 13.3. The van der Waals surface area contributed by atoms with Crippen LogP contribution in [0, 0.1) is 0 Å². The summed E-state index contributed by atoms with van der Waals surface area (Å²) in [5.74, 6) is 0.612. The van der Waals surface area contributed by atoms with Crippen molar-refractivity contribution in [1.82, 2.24) is 15.6 Å².